The van der Waals surface area contributed by atoms with E-state index in [0.717, 1.165) is 17.1 Å². The van der Waals surface area contributed by atoms with Gasteiger partial charge in [-0.15, -0.1) is 0 Å². The van der Waals surface area contributed by atoms with Crippen LogP contribution in [0.15, 0.2) is 279 Å². The summed E-state index contributed by atoms with van der Waals surface area (Å²) in [6.07, 6.45) is 0. The van der Waals surface area contributed by atoms with E-state index in [0.29, 0.717) is 0 Å². The van der Waals surface area contributed by atoms with Gasteiger partial charge in [-0.2, -0.15) is 0 Å². The number of hydrogen-bond acceptors (Lipinski definition) is 1. The average Bonchev–Trinajstić information content (AvgIpc) is 1.56. The van der Waals surface area contributed by atoms with Crippen LogP contribution in [-0.2, 0) is 0 Å². The first kappa shape index (κ1) is 49.8. The van der Waals surface area contributed by atoms with Crippen molar-refractivity contribution < 1.29 is 0 Å². The van der Waals surface area contributed by atoms with Crippen LogP contribution in [0, 0.1) is 27.7 Å². The van der Waals surface area contributed by atoms with E-state index in [1.165, 1.54) is 160 Å². The Morgan fingerprint density at radius 2 is 0.616 bits per heavy atom. The van der Waals surface area contributed by atoms with Crippen LogP contribution >= 0.6 is 0 Å². The summed E-state index contributed by atoms with van der Waals surface area (Å²) < 4.78 is 5.18. The highest BCUT2D eigenvalue weighted by Crippen LogP contribution is 2.52. The van der Waals surface area contributed by atoms with Crippen molar-refractivity contribution in [3.63, 3.8) is 0 Å². The van der Waals surface area contributed by atoms with Crippen LogP contribution in [0.1, 0.15) is 44.9 Å². The molecule has 0 fully saturated rings. The number of benzene rings is 13. The third kappa shape index (κ3) is 7.54. The third-order valence-corrected chi connectivity index (χ3v) is 18.9. The van der Waals surface area contributed by atoms with Crippen molar-refractivity contribution >= 4 is 93.3 Å². The Kier molecular flexibility index (Phi) is 11.3. The summed E-state index contributed by atoms with van der Waals surface area (Å²) >= 11 is 0. The number of fused-ring (bicyclic) bond motifs is 12. The average molecular weight is 1100 g/mol. The Hall–Kier alpha value is -10.7. The summed E-state index contributed by atoms with van der Waals surface area (Å²) in [5.74, 6) is -0.0706. The van der Waals surface area contributed by atoms with Crippen LogP contribution in [0.2, 0.25) is 0 Å². The SMILES string of the molecule is Cc1ccc(-c2ccccc2)cc1C(c1cc(-c2ccccc2)ccc1C)c1ccc2c3cc4c(cc3n3c5ccccc5c1c23)c1ccc(N(c2cc(-c3ccccc3)ccc2C)c2cc(-c3ccccc3)ccc2C)c2c3ccccc3n4c12. The molecule has 0 aliphatic rings. The lowest BCUT2D eigenvalue weighted by Crippen LogP contribution is -2.13. The van der Waals surface area contributed by atoms with Gasteiger partial charge in [0.15, 0.2) is 0 Å². The molecule has 0 aliphatic heterocycles. The Morgan fingerprint density at radius 1 is 0.244 bits per heavy atom. The van der Waals surface area contributed by atoms with Crippen molar-refractivity contribution in [2.45, 2.75) is 33.6 Å². The quantitative estimate of drug-likeness (QED) is 0.124. The van der Waals surface area contributed by atoms with Crippen molar-refractivity contribution in [3.05, 3.63) is 318 Å². The van der Waals surface area contributed by atoms with Crippen LogP contribution in [0.5, 0.6) is 0 Å². The molecule has 0 saturated carbocycles. The van der Waals surface area contributed by atoms with E-state index in [1.54, 1.807) is 0 Å². The third-order valence-electron chi connectivity index (χ3n) is 18.9. The molecule has 0 amide bonds. The number of aryl methyl sites for hydroxylation is 4. The van der Waals surface area contributed by atoms with Crippen molar-refractivity contribution in [2.24, 2.45) is 0 Å². The summed E-state index contributed by atoms with van der Waals surface area (Å²) in [5, 5.41) is 10.1. The molecule has 0 N–H and O–H groups in total. The van der Waals surface area contributed by atoms with E-state index in [2.05, 4.69) is 320 Å². The molecular weight excluding hydrogens is 1040 g/mol. The van der Waals surface area contributed by atoms with Crippen LogP contribution in [0.25, 0.3) is 121 Å². The zero-order chi connectivity index (χ0) is 57.3. The molecular formula is C83H59N3. The van der Waals surface area contributed by atoms with Crippen molar-refractivity contribution in [2.75, 3.05) is 4.90 Å². The molecule has 0 spiro atoms. The van der Waals surface area contributed by atoms with E-state index < -0.39 is 0 Å². The van der Waals surface area contributed by atoms with E-state index in [9.17, 15) is 0 Å². The number of para-hydroxylation sites is 2. The normalized spacial score (nSPS) is 12.1. The lowest BCUT2D eigenvalue weighted by atomic mass is 9.78. The molecule has 17 aromatic rings. The first-order valence-electron chi connectivity index (χ1n) is 30.1. The lowest BCUT2D eigenvalue weighted by molar-refractivity contribution is 0.962. The second-order valence-electron chi connectivity index (χ2n) is 23.8. The number of anilines is 3. The number of aromatic nitrogens is 2. The van der Waals surface area contributed by atoms with Gasteiger partial charge >= 0.3 is 0 Å². The maximum Gasteiger partial charge on any atom is 0.0641 e. The Bertz CT molecular complexity index is 4980. The highest BCUT2D eigenvalue weighted by Gasteiger charge is 2.31. The molecule has 3 nitrogen and oxygen atoms in total. The summed E-state index contributed by atoms with van der Waals surface area (Å²) in [6, 6.07) is 104. The molecule has 3 heteroatoms. The van der Waals surface area contributed by atoms with Gasteiger partial charge in [-0.3, -0.25) is 0 Å². The number of rotatable bonds is 10. The van der Waals surface area contributed by atoms with Crippen LogP contribution in [0.4, 0.5) is 17.1 Å². The first-order chi connectivity index (χ1) is 42.3. The zero-order valence-electron chi connectivity index (χ0n) is 48.5. The number of nitrogens with zero attached hydrogens (tertiary/aromatic N) is 3. The highest BCUT2D eigenvalue weighted by molar-refractivity contribution is 6.31. The molecule has 0 radical (unpaired) electrons. The van der Waals surface area contributed by atoms with E-state index in [-0.39, 0.29) is 5.92 Å². The minimum Gasteiger partial charge on any atom is -0.309 e. The molecule has 86 heavy (non-hydrogen) atoms. The Morgan fingerprint density at radius 3 is 1.07 bits per heavy atom. The predicted molar refractivity (Wildman–Crippen MR) is 365 cm³/mol. The fourth-order valence-electron chi connectivity index (χ4n) is 14.7. The van der Waals surface area contributed by atoms with E-state index in [1.807, 2.05) is 0 Å². The maximum absolute atomic E-state index is 2.60. The van der Waals surface area contributed by atoms with Gasteiger partial charge < -0.3 is 13.7 Å². The predicted octanol–water partition coefficient (Wildman–Crippen LogP) is 22.5. The molecule has 17 rings (SSSR count). The summed E-state index contributed by atoms with van der Waals surface area (Å²) in [6.45, 7) is 9.12. The van der Waals surface area contributed by atoms with Gasteiger partial charge in [-0.1, -0.05) is 224 Å². The van der Waals surface area contributed by atoms with Crippen molar-refractivity contribution in [3.8, 4) is 44.5 Å². The van der Waals surface area contributed by atoms with E-state index >= 15 is 0 Å². The van der Waals surface area contributed by atoms with Gasteiger partial charge in [0.05, 0.1) is 38.8 Å². The fourth-order valence-corrected chi connectivity index (χ4v) is 14.7. The Labute approximate surface area is 500 Å². The summed E-state index contributed by atoms with van der Waals surface area (Å²) in [5.41, 5.74) is 29.4. The van der Waals surface area contributed by atoms with Gasteiger partial charge in [0.2, 0.25) is 0 Å². The fraction of sp³-hybridized carbons (Fsp3) is 0.0602. The second-order valence-corrected chi connectivity index (χ2v) is 23.8. The molecule has 406 valence electrons. The topological polar surface area (TPSA) is 12.1 Å². The minimum atomic E-state index is -0.0706. The maximum atomic E-state index is 2.60. The highest BCUT2D eigenvalue weighted by atomic mass is 15.2. The van der Waals surface area contributed by atoms with Crippen LogP contribution < -0.4 is 4.90 Å². The molecule has 0 bridgehead atoms. The summed E-state index contributed by atoms with van der Waals surface area (Å²) in [4.78, 5) is 2.56. The smallest absolute Gasteiger partial charge is 0.0641 e. The molecule has 0 saturated heterocycles. The second kappa shape index (κ2) is 19.4. The standard InChI is InChI=1S/C83H59N3/c1-51-33-37-59(55-21-9-5-10-22-55)45-68(51)79(69-46-60(38-34-52(69)2)56-23-11-6-12-24-56)67-42-41-63-70-49-78-71(50-77(70)85-72-31-19-17-29-65(72)80(67)82(63)85)64-43-44-74(81-66-30-18-20-32-73(66)86(78)83(64)81)84(75-47-61(39-35-53(75)3)57-25-13-7-14-26-57)76-48-62(40-36-54(76)4)58-27-15-8-16-28-58/h5-50,79H,1-4H3. The van der Waals surface area contributed by atoms with Gasteiger partial charge in [0, 0.05) is 60.4 Å². The van der Waals surface area contributed by atoms with Gasteiger partial charge in [0.1, 0.15) is 0 Å². The van der Waals surface area contributed by atoms with Gasteiger partial charge in [-0.25, -0.2) is 0 Å². The van der Waals surface area contributed by atoms with Crippen LogP contribution in [0.3, 0.4) is 0 Å². The Balaban J connectivity index is 0.929. The molecule has 0 aliphatic carbocycles. The largest absolute Gasteiger partial charge is 0.309 e. The molecule has 0 atom stereocenters. The molecule has 0 unspecified atom stereocenters. The first-order valence-corrected chi connectivity index (χ1v) is 30.1. The van der Waals surface area contributed by atoms with Crippen LogP contribution in [-0.4, -0.2) is 8.80 Å². The van der Waals surface area contributed by atoms with Crippen molar-refractivity contribution in [1.29, 1.82) is 0 Å². The lowest BCUT2D eigenvalue weighted by Gasteiger charge is -2.30. The summed E-state index contributed by atoms with van der Waals surface area (Å²) in [7, 11) is 0. The van der Waals surface area contributed by atoms with Gasteiger partial charge in [-0.05, 0) is 166 Å². The molecule has 13 aromatic carbocycles. The minimum absolute atomic E-state index is 0.0706. The van der Waals surface area contributed by atoms with Gasteiger partial charge in [0.25, 0.3) is 0 Å². The zero-order valence-corrected chi connectivity index (χ0v) is 48.5. The molecule has 4 aromatic heterocycles. The molecule has 4 heterocycles. The van der Waals surface area contributed by atoms with E-state index in [4.69, 9.17) is 0 Å². The monoisotopic (exact) mass is 1100 g/mol. The number of hydrogen-bond donors (Lipinski definition) is 0. The van der Waals surface area contributed by atoms with Crippen molar-refractivity contribution in [1.82, 2.24) is 8.80 Å².